The number of ether oxygens (including phenoxy) is 1. The zero-order chi connectivity index (χ0) is 14.2. The van der Waals surface area contributed by atoms with E-state index in [1.54, 1.807) is 0 Å². The summed E-state index contributed by atoms with van der Waals surface area (Å²) in [6.45, 7) is 4.75. The molecule has 0 aromatic carbocycles. The van der Waals surface area contributed by atoms with Gasteiger partial charge in [-0.05, 0) is 57.4 Å². The van der Waals surface area contributed by atoms with Crippen molar-refractivity contribution in [1.82, 2.24) is 10.2 Å². The first-order valence-electron chi connectivity index (χ1n) is 8.23. The molecule has 2 aliphatic carbocycles. The smallest absolute Gasteiger partial charge is 0.326 e. The number of piperidine rings is 1. The number of carbonyl (C=O) groups excluding carboxylic acids is 1. The quantitative estimate of drug-likeness (QED) is 0.799. The average molecular weight is 280 g/mol. The molecule has 1 saturated heterocycles. The fourth-order valence-corrected chi connectivity index (χ4v) is 4.08. The first-order chi connectivity index (χ1) is 9.63. The number of likely N-dealkylation sites (tertiary alicyclic amines) is 1. The van der Waals surface area contributed by atoms with Crippen molar-refractivity contribution in [2.45, 2.75) is 69.5 Å². The van der Waals surface area contributed by atoms with Crippen molar-refractivity contribution in [1.29, 1.82) is 0 Å². The average Bonchev–Trinajstić information content (AvgIpc) is 3.15. The Bertz CT molecular complexity index is 369. The molecule has 3 aliphatic rings. The van der Waals surface area contributed by atoms with Gasteiger partial charge in [-0.25, -0.2) is 0 Å². The molecular formula is C16H28N2O2. The summed E-state index contributed by atoms with van der Waals surface area (Å²) in [5.41, 5.74) is -0.402. The first kappa shape index (κ1) is 14.3. The normalized spacial score (nSPS) is 38.9. The maximum absolute atomic E-state index is 12.3. The van der Waals surface area contributed by atoms with Crippen LogP contribution in [0.25, 0.3) is 0 Å². The van der Waals surface area contributed by atoms with Crippen LogP contribution in [-0.2, 0) is 9.53 Å². The van der Waals surface area contributed by atoms with Gasteiger partial charge in [0.05, 0.1) is 7.11 Å². The fourth-order valence-electron chi connectivity index (χ4n) is 4.08. The molecule has 4 heteroatoms. The summed E-state index contributed by atoms with van der Waals surface area (Å²) < 4.78 is 5.10. The number of carbonyl (C=O) groups is 1. The van der Waals surface area contributed by atoms with Gasteiger partial charge in [-0.1, -0.05) is 6.92 Å². The third kappa shape index (κ3) is 2.86. The molecule has 4 nitrogen and oxygen atoms in total. The number of methoxy groups -OCH3 is 1. The van der Waals surface area contributed by atoms with Crippen molar-refractivity contribution in [3.8, 4) is 0 Å². The Balaban J connectivity index is 1.66. The van der Waals surface area contributed by atoms with Gasteiger partial charge >= 0.3 is 5.97 Å². The van der Waals surface area contributed by atoms with Crippen LogP contribution in [0.1, 0.15) is 51.9 Å². The second kappa shape index (κ2) is 5.64. The number of nitrogens with one attached hydrogen (secondary N) is 1. The van der Waals surface area contributed by atoms with Crippen LogP contribution < -0.4 is 5.32 Å². The van der Waals surface area contributed by atoms with Gasteiger partial charge in [0.1, 0.15) is 5.54 Å². The number of nitrogens with zero attached hydrogens (tertiary/aromatic N) is 1. The number of hydrogen-bond donors (Lipinski definition) is 1. The molecule has 20 heavy (non-hydrogen) atoms. The van der Waals surface area contributed by atoms with E-state index in [-0.39, 0.29) is 5.97 Å². The SMILES string of the molecule is COC(=O)C1(NC2CC2)CCC(N2CCCC(C)C2)C1. The molecule has 0 bridgehead atoms. The summed E-state index contributed by atoms with van der Waals surface area (Å²) in [5.74, 6) is 0.755. The predicted octanol–water partition coefficient (Wildman–Crippen LogP) is 1.93. The van der Waals surface area contributed by atoms with E-state index in [0.717, 1.165) is 25.2 Å². The van der Waals surface area contributed by atoms with Crippen LogP contribution in [-0.4, -0.2) is 48.7 Å². The molecule has 0 amide bonds. The molecule has 3 unspecified atom stereocenters. The predicted molar refractivity (Wildman–Crippen MR) is 78.5 cm³/mol. The molecule has 0 aromatic rings. The van der Waals surface area contributed by atoms with Crippen LogP contribution in [0.2, 0.25) is 0 Å². The highest BCUT2D eigenvalue weighted by atomic mass is 16.5. The van der Waals surface area contributed by atoms with Crippen LogP contribution in [0.15, 0.2) is 0 Å². The van der Waals surface area contributed by atoms with Crippen LogP contribution in [0, 0.1) is 5.92 Å². The molecule has 3 atom stereocenters. The van der Waals surface area contributed by atoms with E-state index in [4.69, 9.17) is 4.74 Å². The van der Waals surface area contributed by atoms with Gasteiger partial charge in [0.25, 0.3) is 0 Å². The molecule has 0 aromatic heterocycles. The number of rotatable bonds is 4. The highest BCUT2D eigenvalue weighted by molar-refractivity contribution is 5.81. The van der Waals surface area contributed by atoms with E-state index in [2.05, 4.69) is 17.1 Å². The van der Waals surface area contributed by atoms with Gasteiger partial charge in [-0.2, -0.15) is 0 Å². The summed E-state index contributed by atoms with van der Waals surface area (Å²) in [6, 6.07) is 1.11. The second-order valence-corrected chi connectivity index (χ2v) is 7.13. The summed E-state index contributed by atoms with van der Waals surface area (Å²) in [4.78, 5) is 14.9. The lowest BCUT2D eigenvalue weighted by atomic mass is 9.95. The number of esters is 1. The maximum Gasteiger partial charge on any atom is 0.326 e. The van der Waals surface area contributed by atoms with Crippen molar-refractivity contribution in [2.24, 2.45) is 5.92 Å². The molecule has 3 rings (SSSR count). The van der Waals surface area contributed by atoms with Crippen molar-refractivity contribution in [2.75, 3.05) is 20.2 Å². The summed E-state index contributed by atoms with van der Waals surface area (Å²) in [7, 11) is 1.52. The molecule has 3 fully saturated rings. The zero-order valence-electron chi connectivity index (χ0n) is 12.9. The van der Waals surface area contributed by atoms with Gasteiger partial charge in [-0.15, -0.1) is 0 Å². The third-order valence-corrected chi connectivity index (χ3v) is 5.33. The van der Waals surface area contributed by atoms with Gasteiger partial charge in [-0.3, -0.25) is 10.1 Å². The summed E-state index contributed by atoms with van der Waals surface area (Å²) in [5, 5.41) is 3.60. The Kier molecular flexibility index (Phi) is 4.04. The minimum Gasteiger partial charge on any atom is -0.468 e. The summed E-state index contributed by atoms with van der Waals surface area (Å²) in [6.07, 6.45) is 8.08. The molecule has 0 radical (unpaired) electrons. The highest BCUT2D eigenvalue weighted by Gasteiger charge is 2.50. The highest BCUT2D eigenvalue weighted by Crippen LogP contribution is 2.38. The number of hydrogen-bond acceptors (Lipinski definition) is 4. The fraction of sp³-hybridized carbons (Fsp3) is 0.938. The van der Waals surface area contributed by atoms with Crippen LogP contribution >= 0.6 is 0 Å². The van der Waals surface area contributed by atoms with E-state index >= 15 is 0 Å². The van der Waals surface area contributed by atoms with Crippen molar-refractivity contribution in [3.63, 3.8) is 0 Å². The molecule has 1 N–H and O–H groups in total. The lowest BCUT2D eigenvalue weighted by Crippen LogP contribution is -2.53. The second-order valence-electron chi connectivity index (χ2n) is 7.13. The molecule has 1 aliphatic heterocycles. The molecule has 114 valence electrons. The Labute approximate surface area is 122 Å². The van der Waals surface area contributed by atoms with E-state index < -0.39 is 5.54 Å². The van der Waals surface area contributed by atoms with E-state index in [1.807, 2.05) is 0 Å². The zero-order valence-corrected chi connectivity index (χ0v) is 12.9. The van der Waals surface area contributed by atoms with Crippen LogP contribution in [0.4, 0.5) is 0 Å². The topological polar surface area (TPSA) is 41.6 Å². The maximum atomic E-state index is 12.3. The van der Waals surface area contributed by atoms with E-state index in [9.17, 15) is 4.79 Å². The van der Waals surface area contributed by atoms with Gasteiger partial charge in [0.2, 0.25) is 0 Å². The van der Waals surface area contributed by atoms with Crippen molar-refractivity contribution < 1.29 is 9.53 Å². The Morgan fingerprint density at radius 1 is 1.30 bits per heavy atom. The Morgan fingerprint density at radius 3 is 2.75 bits per heavy atom. The largest absolute Gasteiger partial charge is 0.468 e. The minimum absolute atomic E-state index is 0.0445. The molecule has 0 spiro atoms. The van der Waals surface area contributed by atoms with Gasteiger partial charge in [0, 0.05) is 18.6 Å². The monoisotopic (exact) mass is 280 g/mol. The third-order valence-electron chi connectivity index (χ3n) is 5.33. The van der Waals surface area contributed by atoms with E-state index in [1.165, 1.54) is 45.9 Å². The lowest BCUT2D eigenvalue weighted by molar-refractivity contribution is -0.148. The minimum atomic E-state index is -0.402. The molecular weight excluding hydrogens is 252 g/mol. The van der Waals surface area contributed by atoms with Crippen molar-refractivity contribution in [3.05, 3.63) is 0 Å². The standard InChI is InChI=1S/C16H28N2O2/c1-12-4-3-9-18(11-12)14-7-8-16(10-14,15(19)20-2)17-13-5-6-13/h12-14,17H,3-11H2,1-2H3. The molecule has 1 heterocycles. The van der Waals surface area contributed by atoms with E-state index in [0.29, 0.717) is 12.1 Å². The lowest BCUT2D eigenvalue weighted by Gasteiger charge is -2.36. The van der Waals surface area contributed by atoms with Crippen LogP contribution in [0.3, 0.4) is 0 Å². The van der Waals surface area contributed by atoms with Gasteiger partial charge in [0.15, 0.2) is 0 Å². The van der Waals surface area contributed by atoms with Crippen molar-refractivity contribution >= 4 is 5.97 Å². The Morgan fingerprint density at radius 2 is 2.10 bits per heavy atom. The first-order valence-corrected chi connectivity index (χ1v) is 8.23. The summed E-state index contributed by atoms with van der Waals surface area (Å²) >= 11 is 0. The van der Waals surface area contributed by atoms with Gasteiger partial charge < -0.3 is 9.64 Å². The van der Waals surface area contributed by atoms with Crippen LogP contribution in [0.5, 0.6) is 0 Å². The molecule has 2 saturated carbocycles. The Hall–Kier alpha value is -0.610.